The van der Waals surface area contributed by atoms with Crippen molar-refractivity contribution in [3.8, 4) is 17.4 Å². The fourth-order valence-electron chi connectivity index (χ4n) is 3.53. The maximum Gasteiger partial charge on any atom is 0.223 e. The number of aromatic hydroxyl groups is 2. The topological polar surface area (TPSA) is 48.6 Å². The van der Waals surface area contributed by atoms with E-state index in [0.717, 1.165) is 30.6 Å². The van der Waals surface area contributed by atoms with Crippen LogP contribution in [0, 0.1) is 6.92 Å². The zero-order chi connectivity index (χ0) is 17.6. The van der Waals surface area contributed by atoms with E-state index in [1.807, 2.05) is 31.2 Å². The molecule has 1 aliphatic rings. The Morgan fingerprint density at radius 1 is 0.960 bits per heavy atom. The average molecular weight is 355 g/mol. The summed E-state index contributed by atoms with van der Waals surface area (Å²) in [6.07, 6.45) is 2.02. The molecule has 128 valence electrons. The van der Waals surface area contributed by atoms with Crippen molar-refractivity contribution in [1.29, 1.82) is 0 Å². The van der Waals surface area contributed by atoms with Crippen LogP contribution in [-0.4, -0.2) is 21.3 Å². The van der Waals surface area contributed by atoms with E-state index in [-0.39, 0.29) is 11.8 Å². The lowest BCUT2D eigenvalue weighted by molar-refractivity contribution is 0.402. The second kappa shape index (κ2) is 6.05. The van der Waals surface area contributed by atoms with Gasteiger partial charge in [-0.2, -0.15) is 0 Å². The van der Waals surface area contributed by atoms with Gasteiger partial charge in [-0.3, -0.25) is 0 Å². The fourth-order valence-corrected chi connectivity index (χ4v) is 3.70. The monoisotopic (exact) mass is 354 g/mol. The van der Waals surface area contributed by atoms with Crippen LogP contribution in [0.4, 0.5) is 11.4 Å². The summed E-state index contributed by atoms with van der Waals surface area (Å²) in [6.45, 7) is 2.66. The zero-order valence-electron chi connectivity index (χ0n) is 13.9. The van der Waals surface area contributed by atoms with Crippen LogP contribution < -0.4 is 4.90 Å². The van der Waals surface area contributed by atoms with Crippen LogP contribution in [0.5, 0.6) is 11.8 Å². The molecule has 2 N–H and O–H groups in total. The van der Waals surface area contributed by atoms with Crippen LogP contribution in [0.15, 0.2) is 48.5 Å². The first kappa shape index (κ1) is 15.9. The highest BCUT2D eigenvalue weighted by Gasteiger charge is 2.25. The molecule has 1 aliphatic heterocycles. The smallest absolute Gasteiger partial charge is 0.223 e. The van der Waals surface area contributed by atoms with Gasteiger partial charge < -0.3 is 15.1 Å². The molecular formula is C20H19ClN2O2. The molecule has 4 rings (SSSR count). The van der Waals surface area contributed by atoms with Gasteiger partial charge in [0.05, 0.1) is 5.69 Å². The Kier molecular flexibility index (Phi) is 3.85. The number of fused-ring (bicyclic) bond motifs is 1. The highest BCUT2D eigenvalue weighted by molar-refractivity contribution is 6.31. The summed E-state index contributed by atoms with van der Waals surface area (Å²) >= 11 is 6.20. The average Bonchev–Trinajstić information content (AvgIpc) is 2.91. The Labute approximate surface area is 151 Å². The van der Waals surface area contributed by atoms with Gasteiger partial charge in [0.15, 0.2) is 0 Å². The molecular weight excluding hydrogens is 336 g/mol. The Bertz CT molecular complexity index is 949. The maximum absolute atomic E-state index is 10.9. The van der Waals surface area contributed by atoms with Crippen LogP contribution >= 0.6 is 11.6 Å². The number of nitrogens with zero attached hydrogens (tertiary/aromatic N) is 2. The highest BCUT2D eigenvalue weighted by Crippen LogP contribution is 2.44. The summed E-state index contributed by atoms with van der Waals surface area (Å²) < 4.78 is 1.44. The second-order valence-corrected chi connectivity index (χ2v) is 6.72. The summed E-state index contributed by atoms with van der Waals surface area (Å²) in [5, 5.41) is 22.0. The summed E-state index contributed by atoms with van der Waals surface area (Å²) in [6, 6.07) is 15.2. The SMILES string of the molecule is Cc1c(Cl)cccc1-n1c(O)cc(N2CCCc3ccccc32)c1O. The molecule has 0 bridgehead atoms. The van der Waals surface area contributed by atoms with Crippen LogP contribution in [-0.2, 0) is 6.42 Å². The Morgan fingerprint density at radius 3 is 2.56 bits per heavy atom. The molecule has 0 saturated carbocycles. The van der Waals surface area contributed by atoms with Crippen molar-refractivity contribution in [3.05, 3.63) is 64.7 Å². The van der Waals surface area contributed by atoms with Gasteiger partial charge in [0.1, 0.15) is 5.69 Å². The fraction of sp³-hybridized carbons (Fsp3) is 0.200. The van der Waals surface area contributed by atoms with Crippen LogP contribution in [0.1, 0.15) is 17.5 Å². The number of anilines is 2. The number of para-hydroxylation sites is 1. The Balaban J connectivity index is 1.86. The number of hydrogen-bond donors (Lipinski definition) is 2. The van der Waals surface area contributed by atoms with E-state index < -0.39 is 0 Å². The summed E-state index contributed by atoms with van der Waals surface area (Å²) in [4.78, 5) is 2.06. The van der Waals surface area contributed by atoms with E-state index in [4.69, 9.17) is 11.6 Å². The van der Waals surface area contributed by atoms with Gasteiger partial charge in [-0.1, -0.05) is 35.9 Å². The van der Waals surface area contributed by atoms with E-state index in [1.54, 1.807) is 18.2 Å². The lowest BCUT2D eigenvalue weighted by atomic mass is 10.0. The van der Waals surface area contributed by atoms with Crippen molar-refractivity contribution >= 4 is 23.0 Å². The largest absolute Gasteiger partial charge is 0.494 e. The number of rotatable bonds is 2. The number of aromatic nitrogens is 1. The van der Waals surface area contributed by atoms with Gasteiger partial charge in [0.2, 0.25) is 11.8 Å². The molecule has 0 fully saturated rings. The van der Waals surface area contributed by atoms with Crippen molar-refractivity contribution in [3.63, 3.8) is 0 Å². The minimum atomic E-state index is -0.0130. The number of benzene rings is 2. The van der Waals surface area contributed by atoms with E-state index in [2.05, 4.69) is 11.0 Å². The third-order valence-corrected chi connectivity index (χ3v) is 5.23. The number of aryl methyl sites for hydroxylation is 1. The van der Waals surface area contributed by atoms with Crippen molar-refractivity contribution in [2.24, 2.45) is 0 Å². The van der Waals surface area contributed by atoms with Crippen molar-refractivity contribution in [1.82, 2.24) is 4.57 Å². The minimum Gasteiger partial charge on any atom is -0.494 e. The molecule has 0 amide bonds. The summed E-state index contributed by atoms with van der Waals surface area (Å²) in [5.74, 6) is 0.000455. The van der Waals surface area contributed by atoms with Crippen molar-refractivity contribution < 1.29 is 10.2 Å². The lowest BCUT2D eigenvalue weighted by Crippen LogP contribution is -2.24. The number of hydrogen-bond acceptors (Lipinski definition) is 3. The molecule has 0 saturated heterocycles. The predicted molar refractivity (Wildman–Crippen MR) is 101 cm³/mol. The second-order valence-electron chi connectivity index (χ2n) is 6.31. The first-order valence-corrected chi connectivity index (χ1v) is 8.70. The minimum absolute atomic E-state index is 0.0130. The van der Waals surface area contributed by atoms with Gasteiger partial charge in [-0.25, -0.2) is 4.57 Å². The third kappa shape index (κ3) is 2.53. The van der Waals surface area contributed by atoms with Crippen molar-refractivity contribution in [2.75, 3.05) is 11.4 Å². The van der Waals surface area contributed by atoms with Gasteiger partial charge in [0, 0.05) is 23.3 Å². The Morgan fingerprint density at radius 2 is 1.72 bits per heavy atom. The quantitative estimate of drug-likeness (QED) is 0.685. The molecule has 0 unspecified atom stereocenters. The molecule has 2 heterocycles. The molecule has 1 aromatic heterocycles. The first-order valence-electron chi connectivity index (χ1n) is 8.32. The summed E-state index contributed by atoms with van der Waals surface area (Å²) in [5.41, 5.74) is 4.39. The van der Waals surface area contributed by atoms with Gasteiger partial charge >= 0.3 is 0 Å². The predicted octanol–water partition coefficient (Wildman–Crippen LogP) is 4.93. The van der Waals surface area contributed by atoms with E-state index >= 15 is 0 Å². The van der Waals surface area contributed by atoms with Crippen LogP contribution in [0.2, 0.25) is 5.02 Å². The molecule has 5 heteroatoms. The highest BCUT2D eigenvalue weighted by atomic mass is 35.5. The molecule has 25 heavy (non-hydrogen) atoms. The molecule has 4 nitrogen and oxygen atoms in total. The third-order valence-electron chi connectivity index (χ3n) is 4.82. The molecule has 0 spiro atoms. The van der Waals surface area contributed by atoms with Crippen molar-refractivity contribution in [2.45, 2.75) is 19.8 Å². The van der Waals surface area contributed by atoms with Crippen LogP contribution in [0.25, 0.3) is 5.69 Å². The molecule has 0 radical (unpaired) electrons. The van der Waals surface area contributed by atoms with Gasteiger partial charge in [0.25, 0.3) is 0 Å². The Hall–Kier alpha value is -2.59. The molecule has 3 aromatic rings. The zero-order valence-corrected chi connectivity index (χ0v) is 14.7. The number of halogens is 1. The first-order chi connectivity index (χ1) is 12.1. The normalized spacial score (nSPS) is 13.8. The maximum atomic E-state index is 10.9. The van der Waals surface area contributed by atoms with E-state index in [1.165, 1.54) is 10.1 Å². The molecule has 2 aromatic carbocycles. The van der Waals surface area contributed by atoms with E-state index in [0.29, 0.717) is 16.4 Å². The van der Waals surface area contributed by atoms with Crippen LogP contribution in [0.3, 0.4) is 0 Å². The van der Waals surface area contributed by atoms with E-state index in [9.17, 15) is 10.2 Å². The summed E-state index contributed by atoms with van der Waals surface area (Å²) in [7, 11) is 0. The standard InChI is InChI=1S/C20H19ClN2O2/c1-13-15(21)8-4-10-16(13)23-19(24)12-18(20(23)25)22-11-5-7-14-6-2-3-9-17(14)22/h2-4,6,8-10,12,24-25H,5,7,11H2,1H3. The van der Waals surface area contributed by atoms with Gasteiger partial charge in [-0.05, 0) is 49.1 Å². The molecule has 0 aliphatic carbocycles. The lowest BCUT2D eigenvalue weighted by Gasteiger charge is -2.30. The van der Waals surface area contributed by atoms with Gasteiger partial charge in [-0.15, -0.1) is 0 Å². The molecule has 0 atom stereocenters.